The van der Waals surface area contributed by atoms with Crippen LogP contribution in [0.25, 0.3) is 11.5 Å². The quantitative estimate of drug-likeness (QED) is 0.811. The normalized spacial score (nSPS) is 18.3. The van der Waals surface area contributed by atoms with Gasteiger partial charge in [0.2, 0.25) is 11.8 Å². The first-order chi connectivity index (χ1) is 10.2. The zero-order valence-corrected chi connectivity index (χ0v) is 12.2. The van der Waals surface area contributed by atoms with Crippen molar-refractivity contribution in [1.29, 1.82) is 0 Å². The van der Waals surface area contributed by atoms with Gasteiger partial charge in [0, 0.05) is 24.4 Å². The molecule has 1 fully saturated rings. The number of aromatic nitrogens is 2. The third kappa shape index (κ3) is 2.71. The van der Waals surface area contributed by atoms with E-state index in [4.69, 9.17) is 20.8 Å². The number of benzene rings is 1. The molecule has 1 unspecified atom stereocenters. The van der Waals surface area contributed by atoms with Gasteiger partial charge >= 0.3 is 6.01 Å². The lowest BCUT2D eigenvalue weighted by Gasteiger charge is -2.09. The van der Waals surface area contributed by atoms with E-state index in [1.807, 2.05) is 24.3 Å². The SMILES string of the molecule is COc1ccc(-c2nnc(N3CC(CCl)CC3=O)o2)cc1. The van der Waals surface area contributed by atoms with Gasteiger partial charge in [-0.1, -0.05) is 5.10 Å². The van der Waals surface area contributed by atoms with Gasteiger partial charge in [0.1, 0.15) is 5.75 Å². The molecule has 1 aliphatic heterocycles. The Morgan fingerprint density at radius 1 is 1.38 bits per heavy atom. The number of anilines is 1. The summed E-state index contributed by atoms with van der Waals surface area (Å²) in [6, 6.07) is 7.49. The van der Waals surface area contributed by atoms with Crippen LogP contribution in [0.2, 0.25) is 0 Å². The lowest BCUT2D eigenvalue weighted by Crippen LogP contribution is -2.24. The van der Waals surface area contributed by atoms with Crippen molar-refractivity contribution in [3.63, 3.8) is 0 Å². The largest absolute Gasteiger partial charge is 0.497 e. The van der Waals surface area contributed by atoms with Crippen molar-refractivity contribution in [2.75, 3.05) is 24.4 Å². The van der Waals surface area contributed by atoms with Crippen molar-refractivity contribution in [3.05, 3.63) is 24.3 Å². The van der Waals surface area contributed by atoms with Crippen molar-refractivity contribution >= 4 is 23.5 Å². The number of nitrogens with zero attached hydrogens (tertiary/aromatic N) is 3. The fourth-order valence-corrected chi connectivity index (χ4v) is 2.45. The Balaban J connectivity index is 1.81. The summed E-state index contributed by atoms with van der Waals surface area (Å²) in [6.07, 6.45) is 0.420. The first-order valence-corrected chi connectivity index (χ1v) is 7.09. The summed E-state index contributed by atoms with van der Waals surface area (Å²) >= 11 is 5.80. The Kier molecular flexibility index (Phi) is 3.79. The topological polar surface area (TPSA) is 68.5 Å². The molecule has 0 saturated carbocycles. The average molecular weight is 308 g/mol. The molecule has 0 N–H and O–H groups in total. The van der Waals surface area contributed by atoms with Crippen LogP contribution >= 0.6 is 11.6 Å². The van der Waals surface area contributed by atoms with Crippen LogP contribution in [0.1, 0.15) is 6.42 Å². The fraction of sp³-hybridized carbons (Fsp3) is 0.357. The molecule has 1 aromatic carbocycles. The predicted molar refractivity (Wildman–Crippen MR) is 77.5 cm³/mol. The molecule has 1 aliphatic rings. The molecular weight excluding hydrogens is 294 g/mol. The maximum Gasteiger partial charge on any atom is 0.325 e. The second-order valence-electron chi connectivity index (χ2n) is 4.85. The minimum absolute atomic E-state index is 0.0365. The highest BCUT2D eigenvalue weighted by Gasteiger charge is 2.33. The van der Waals surface area contributed by atoms with Gasteiger partial charge in [0.15, 0.2) is 0 Å². The van der Waals surface area contributed by atoms with E-state index in [0.717, 1.165) is 11.3 Å². The van der Waals surface area contributed by atoms with Crippen molar-refractivity contribution < 1.29 is 13.9 Å². The molecule has 1 aromatic heterocycles. The van der Waals surface area contributed by atoms with Gasteiger partial charge in [-0.15, -0.1) is 16.7 Å². The zero-order valence-electron chi connectivity index (χ0n) is 11.5. The smallest absolute Gasteiger partial charge is 0.325 e. The number of alkyl halides is 1. The summed E-state index contributed by atoms with van der Waals surface area (Å²) < 4.78 is 10.7. The Labute approximate surface area is 126 Å². The number of amides is 1. The molecule has 6 nitrogen and oxygen atoms in total. The summed E-state index contributed by atoms with van der Waals surface area (Å²) in [6.45, 7) is 0.520. The number of hydrogen-bond acceptors (Lipinski definition) is 5. The Bertz CT molecular complexity index is 641. The van der Waals surface area contributed by atoms with Crippen LogP contribution in [-0.2, 0) is 4.79 Å². The van der Waals surface area contributed by atoms with Crippen molar-refractivity contribution in [2.24, 2.45) is 5.92 Å². The molecule has 0 aliphatic carbocycles. The van der Waals surface area contributed by atoms with Crippen molar-refractivity contribution in [1.82, 2.24) is 10.2 Å². The summed E-state index contributed by atoms with van der Waals surface area (Å²) in [5.74, 6) is 1.66. The minimum atomic E-state index is -0.0365. The Morgan fingerprint density at radius 2 is 2.14 bits per heavy atom. The van der Waals surface area contributed by atoms with Crippen LogP contribution < -0.4 is 9.64 Å². The number of hydrogen-bond donors (Lipinski definition) is 0. The van der Waals surface area contributed by atoms with E-state index in [1.165, 1.54) is 4.90 Å². The van der Waals surface area contributed by atoms with E-state index in [1.54, 1.807) is 7.11 Å². The molecule has 110 valence electrons. The van der Waals surface area contributed by atoms with Crippen LogP contribution in [0.15, 0.2) is 28.7 Å². The lowest BCUT2D eigenvalue weighted by atomic mass is 10.2. The summed E-state index contributed by atoms with van der Waals surface area (Å²) in [7, 11) is 1.60. The van der Waals surface area contributed by atoms with Crippen LogP contribution in [-0.4, -0.2) is 35.6 Å². The van der Waals surface area contributed by atoms with Gasteiger partial charge < -0.3 is 9.15 Å². The Morgan fingerprint density at radius 3 is 2.76 bits per heavy atom. The van der Waals surface area contributed by atoms with Crippen LogP contribution in [0.4, 0.5) is 6.01 Å². The third-order valence-electron chi connectivity index (χ3n) is 3.41. The highest BCUT2D eigenvalue weighted by atomic mass is 35.5. The summed E-state index contributed by atoms with van der Waals surface area (Å²) in [5.41, 5.74) is 0.773. The second-order valence-corrected chi connectivity index (χ2v) is 5.16. The fourth-order valence-electron chi connectivity index (χ4n) is 2.24. The second kappa shape index (κ2) is 5.73. The molecule has 2 heterocycles. The molecule has 0 bridgehead atoms. The number of carbonyl (C=O) groups is 1. The maximum atomic E-state index is 11.9. The highest BCUT2D eigenvalue weighted by molar-refractivity contribution is 6.18. The number of ether oxygens (including phenoxy) is 1. The third-order valence-corrected chi connectivity index (χ3v) is 3.84. The highest BCUT2D eigenvalue weighted by Crippen LogP contribution is 2.28. The van der Waals surface area contributed by atoms with Gasteiger partial charge in [-0.25, -0.2) is 0 Å². The van der Waals surface area contributed by atoms with Crippen molar-refractivity contribution in [3.8, 4) is 17.2 Å². The average Bonchev–Trinajstić information content (AvgIpc) is 3.13. The zero-order chi connectivity index (χ0) is 14.8. The van der Waals surface area contributed by atoms with E-state index in [-0.39, 0.29) is 17.8 Å². The molecule has 2 aromatic rings. The molecule has 1 atom stereocenters. The van der Waals surface area contributed by atoms with Gasteiger partial charge in [0.05, 0.1) is 7.11 Å². The lowest BCUT2D eigenvalue weighted by molar-refractivity contribution is -0.117. The molecule has 21 heavy (non-hydrogen) atoms. The molecule has 1 saturated heterocycles. The number of methoxy groups -OCH3 is 1. The molecule has 3 rings (SSSR count). The molecule has 7 heteroatoms. The van der Waals surface area contributed by atoms with E-state index in [9.17, 15) is 4.79 Å². The van der Waals surface area contributed by atoms with Gasteiger partial charge in [-0.2, -0.15) is 0 Å². The standard InChI is InChI=1S/C14H14ClN3O3/c1-20-11-4-2-10(3-5-11)13-16-17-14(21-13)18-8-9(7-15)6-12(18)19/h2-5,9H,6-8H2,1H3. The van der Waals surface area contributed by atoms with E-state index in [0.29, 0.717) is 24.7 Å². The van der Waals surface area contributed by atoms with Crippen LogP contribution in [0, 0.1) is 5.92 Å². The number of rotatable bonds is 4. The number of halogens is 1. The molecule has 0 radical (unpaired) electrons. The minimum Gasteiger partial charge on any atom is -0.497 e. The van der Waals surface area contributed by atoms with E-state index in [2.05, 4.69) is 10.2 Å². The van der Waals surface area contributed by atoms with E-state index < -0.39 is 0 Å². The van der Waals surface area contributed by atoms with Gasteiger partial charge in [-0.05, 0) is 30.2 Å². The maximum absolute atomic E-state index is 11.9. The van der Waals surface area contributed by atoms with E-state index >= 15 is 0 Å². The predicted octanol–water partition coefficient (Wildman–Crippen LogP) is 2.34. The van der Waals surface area contributed by atoms with Crippen LogP contribution in [0.5, 0.6) is 5.75 Å². The number of carbonyl (C=O) groups excluding carboxylic acids is 1. The van der Waals surface area contributed by atoms with Crippen molar-refractivity contribution in [2.45, 2.75) is 6.42 Å². The van der Waals surface area contributed by atoms with Crippen LogP contribution in [0.3, 0.4) is 0 Å². The Hall–Kier alpha value is -2.08. The van der Waals surface area contributed by atoms with Gasteiger partial charge in [-0.3, -0.25) is 9.69 Å². The first kappa shape index (κ1) is 13.9. The van der Waals surface area contributed by atoms with Gasteiger partial charge in [0.25, 0.3) is 0 Å². The summed E-state index contributed by atoms with van der Waals surface area (Å²) in [4.78, 5) is 13.4. The molecule has 0 spiro atoms. The monoisotopic (exact) mass is 307 g/mol. The molecular formula is C14H14ClN3O3. The first-order valence-electron chi connectivity index (χ1n) is 6.55. The summed E-state index contributed by atoms with van der Waals surface area (Å²) in [5, 5.41) is 7.94. The molecule has 1 amide bonds.